The lowest BCUT2D eigenvalue weighted by Gasteiger charge is -2.13. The van der Waals surface area contributed by atoms with Crippen LogP contribution in [0.25, 0.3) is 0 Å². The first-order valence-corrected chi connectivity index (χ1v) is 7.76. The predicted molar refractivity (Wildman–Crippen MR) is 93.9 cm³/mol. The summed E-state index contributed by atoms with van der Waals surface area (Å²) >= 11 is 0. The van der Waals surface area contributed by atoms with E-state index in [0.29, 0.717) is 35.9 Å². The van der Waals surface area contributed by atoms with Gasteiger partial charge in [-0.25, -0.2) is 0 Å². The topological polar surface area (TPSA) is 78.8 Å². The Morgan fingerprint density at radius 1 is 1.04 bits per heavy atom. The van der Waals surface area contributed by atoms with Gasteiger partial charge in [-0.05, 0) is 25.1 Å². The van der Waals surface area contributed by atoms with Crippen molar-refractivity contribution in [2.45, 2.75) is 13.5 Å². The van der Waals surface area contributed by atoms with E-state index in [1.165, 1.54) is 20.3 Å². The van der Waals surface area contributed by atoms with Crippen LogP contribution in [-0.2, 0) is 6.54 Å². The summed E-state index contributed by atoms with van der Waals surface area (Å²) in [6.45, 7) is 2.48. The van der Waals surface area contributed by atoms with Crippen molar-refractivity contribution in [2.75, 3.05) is 27.9 Å². The third-order valence-electron chi connectivity index (χ3n) is 3.82. The van der Waals surface area contributed by atoms with Gasteiger partial charge in [0.25, 0.3) is 11.5 Å². The number of aromatic nitrogens is 1. The zero-order valence-electron chi connectivity index (χ0n) is 14.8. The standard InChI is InChI=1S/C18H22N2O5/c1-12-9-14(24-3)11-17(21)20(12)8-7-19-18(22)15-6-5-13(23-2)10-16(15)25-4/h5-6,9-11H,7-8H2,1-4H3,(H,19,22). The largest absolute Gasteiger partial charge is 0.497 e. The Hall–Kier alpha value is -2.96. The third-order valence-corrected chi connectivity index (χ3v) is 3.82. The second-order valence-electron chi connectivity index (χ2n) is 5.35. The maximum Gasteiger partial charge on any atom is 0.255 e. The van der Waals surface area contributed by atoms with Crippen LogP contribution < -0.4 is 25.1 Å². The molecular weight excluding hydrogens is 324 g/mol. The third kappa shape index (κ3) is 4.32. The van der Waals surface area contributed by atoms with Crippen LogP contribution in [0.4, 0.5) is 0 Å². The van der Waals surface area contributed by atoms with Gasteiger partial charge in [0.05, 0.1) is 26.9 Å². The van der Waals surface area contributed by atoms with Crippen molar-refractivity contribution < 1.29 is 19.0 Å². The molecule has 7 heteroatoms. The molecule has 0 radical (unpaired) electrons. The van der Waals surface area contributed by atoms with E-state index in [0.717, 1.165) is 5.69 Å². The van der Waals surface area contributed by atoms with Gasteiger partial charge >= 0.3 is 0 Å². The summed E-state index contributed by atoms with van der Waals surface area (Å²) in [5, 5.41) is 2.79. The molecular formula is C18H22N2O5. The van der Waals surface area contributed by atoms with Crippen LogP contribution in [-0.4, -0.2) is 38.3 Å². The number of amides is 1. The van der Waals surface area contributed by atoms with Crippen molar-refractivity contribution in [2.24, 2.45) is 0 Å². The number of pyridine rings is 1. The maximum absolute atomic E-state index is 12.3. The number of carbonyl (C=O) groups excluding carboxylic acids is 1. The molecule has 134 valence electrons. The number of ether oxygens (including phenoxy) is 3. The van der Waals surface area contributed by atoms with Gasteiger partial charge in [0.2, 0.25) is 0 Å². The van der Waals surface area contributed by atoms with E-state index in [4.69, 9.17) is 14.2 Å². The average molecular weight is 346 g/mol. The molecule has 2 rings (SSSR count). The minimum Gasteiger partial charge on any atom is -0.497 e. The molecule has 0 unspecified atom stereocenters. The van der Waals surface area contributed by atoms with E-state index in [2.05, 4.69) is 5.32 Å². The van der Waals surface area contributed by atoms with Crippen LogP contribution in [0.2, 0.25) is 0 Å². The van der Waals surface area contributed by atoms with E-state index in [9.17, 15) is 9.59 Å². The molecule has 1 heterocycles. The highest BCUT2D eigenvalue weighted by Gasteiger charge is 2.13. The van der Waals surface area contributed by atoms with E-state index in [1.807, 2.05) is 6.92 Å². The molecule has 0 aliphatic carbocycles. The fourth-order valence-electron chi connectivity index (χ4n) is 2.47. The van der Waals surface area contributed by atoms with Crippen molar-refractivity contribution in [3.05, 3.63) is 51.9 Å². The van der Waals surface area contributed by atoms with E-state index < -0.39 is 0 Å². The Kier molecular flexibility index (Phi) is 6.05. The van der Waals surface area contributed by atoms with Crippen LogP contribution in [0.3, 0.4) is 0 Å². The molecule has 0 spiro atoms. The number of nitrogens with one attached hydrogen (secondary N) is 1. The quantitative estimate of drug-likeness (QED) is 0.824. The molecule has 25 heavy (non-hydrogen) atoms. The van der Waals surface area contributed by atoms with Crippen LogP contribution in [0.1, 0.15) is 16.1 Å². The Morgan fingerprint density at radius 3 is 2.36 bits per heavy atom. The molecule has 0 saturated heterocycles. The van der Waals surface area contributed by atoms with Crippen LogP contribution in [0, 0.1) is 6.92 Å². The van der Waals surface area contributed by atoms with Crippen molar-refractivity contribution in [1.82, 2.24) is 9.88 Å². The van der Waals surface area contributed by atoms with Gasteiger partial charge in [-0.3, -0.25) is 9.59 Å². The summed E-state index contributed by atoms with van der Waals surface area (Å²) in [5.41, 5.74) is 0.996. The number of rotatable bonds is 7. The first-order chi connectivity index (χ1) is 12.0. The number of methoxy groups -OCH3 is 3. The summed E-state index contributed by atoms with van der Waals surface area (Å²) in [7, 11) is 4.55. The van der Waals surface area contributed by atoms with E-state index >= 15 is 0 Å². The summed E-state index contributed by atoms with van der Waals surface area (Å²) < 4.78 is 17.0. The van der Waals surface area contributed by atoms with Gasteiger partial charge in [0, 0.05) is 30.9 Å². The highest BCUT2D eigenvalue weighted by atomic mass is 16.5. The van der Waals surface area contributed by atoms with Crippen molar-refractivity contribution in [1.29, 1.82) is 0 Å². The molecule has 2 aromatic rings. The van der Waals surface area contributed by atoms with Gasteiger partial charge in [-0.1, -0.05) is 0 Å². The van der Waals surface area contributed by atoms with Gasteiger partial charge in [-0.2, -0.15) is 0 Å². The zero-order chi connectivity index (χ0) is 18.4. The first-order valence-electron chi connectivity index (χ1n) is 7.76. The highest BCUT2D eigenvalue weighted by Crippen LogP contribution is 2.24. The fraction of sp³-hybridized carbons (Fsp3) is 0.333. The molecule has 0 bridgehead atoms. The smallest absolute Gasteiger partial charge is 0.255 e. The second-order valence-corrected chi connectivity index (χ2v) is 5.35. The minimum atomic E-state index is -0.279. The molecule has 0 fully saturated rings. The molecule has 0 saturated carbocycles. The molecule has 1 aromatic heterocycles. The lowest BCUT2D eigenvalue weighted by molar-refractivity contribution is 0.0949. The SMILES string of the molecule is COc1ccc(C(=O)NCCn2c(C)cc(OC)cc2=O)c(OC)c1. The second kappa shape index (κ2) is 8.23. The number of carbonyl (C=O) groups is 1. The highest BCUT2D eigenvalue weighted by molar-refractivity contribution is 5.97. The van der Waals surface area contributed by atoms with Gasteiger partial charge < -0.3 is 24.1 Å². The van der Waals surface area contributed by atoms with Crippen LogP contribution in [0.15, 0.2) is 35.1 Å². The predicted octanol–water partition coefficient (Wildman–Crippen LogP) is 1.61. The van der Waals surface area contributed by atoms with Crippen LogP contribution in [0.5, 0.6) is 17.2 Å². The molecule has 1 aromatic carbocycles. The monoisotopic (exact) mass is 346 g/mol. The Labute approximate surface area is 146 Å². The minimum absolute atomic E-state index is 0.173. The van der Waals surface area contributed by atoms with Gasteiger partial charge in [-0.15, -0.1) is 0 Å². The Balaban J connectivity index is 2.05. The summed E-state index contributed by atoms with van der Waals surface area (Å²) in [5.74, 6) is 1.27. The molecule has 0 atom stereocenters. The number of benzene rings is 1. The van der Waals surface area contributed by atoms with E-state index in [-0.39, 0.29) is 11.5 Å². The lowest BCUT2D eigenvalue weighted by atomic mass is 10.1. The zero-order valence-corrected chi connectivity index (χ0v) is 14.8. The fourth-order valence-corrected chi connectivity index (χ4v) is 2.47. The van der Waals surface area contributed by atoms with Gasteiger partial charge in [0.1, 0.15) is 17.2 Å². The Bertz CT molecular complexity index is 814. The number of nitrogens with zero attached hydrogens (tertiary/aromatic N) is 1. The molecule has 1 amide bonds. The maximum atomic E-state index is 12.3. The van der Waals surface area contributed by atoms with Gasteiger partial charge in [0.15, 0.2) is 0 Å². The Morgan fingerprint density at radius 2 is 1.76 bits per heavy atom. The summed E-state index contributed by atoms with van der Waals surface area (Å²) in [6, 6.07) is 8.16. The number of hydrogen-bond donors (Lipinski definition) is 1. The number of hydrogen-bond acceptors (Lipinski definition) is 5. The molecule has 0 aliphatic heterocycles. The van der Waals surface area contributed by atoms with Crippen molar-refractivity contribution in [3.63, 3.8) is 0 Å². The lowest BCUT2D eigenvalue weighted by Crippen LogP contribution is -2.31. The molecule has 1 N–H and O–H groups in total. The summed E-state index contributed by atoms with van der Waals surface area (Å²) in [6.07, 6.45) is 0. The van der Waals surface area contributed by atoms with Crippen molar-refractivity contribution >= 4 is 5.91 Å². The molecule has 7 nitrogen and oxygen atoms in total. The van der Waals surface area contributed by atoms with E-state index in [1.54, 1.807) is 35.9 Å². The van der Waals surface area contributed by atoms with Crippen molar-refractivity contribution in [3.8, 4) is 17.2 Å². The first kappa shape index (κ1) is 18.4. The number of aryl methyl sites for hydroxylation is 1. The van der Waals surface area contributed by atoms with Crippen LogP contribution >= 0.6 is 0 Å². The summed E-state index contributed by atoms with van der Waals surface area (Å²) in [4.78, 5) is 24.4. The average Bonchev–Trinajstić information content (AvgIpc) is 2.62. The molecule has 0 aliphatic rings. The normalized spacial score (nSPS) is 10.2.